The highest BCUT2D eigenvalue weighted by molar-refractivity contribution is 5.98. The van der Waals surface area contributed by atoms with Crippen LogP contribution in [0.5, 0.6) is 5.75 Å². The Hall–Kier alpha value is -2.44. The summed E-state index contributed by atoms with van der Waals surface area (Å²) in [6.45, 7) is 6.20. The van der Waals surface area contributed by atoms with Crippen LogP contribution in [0.2, 0.25) is 0 Å². The van der Waals surface area contributed by atoms with Gasteiger partial charge in [-0.25, -0.2) is 4.39 Å². The average Bonchev–Trinajstić information content (AvgIpc) is 3.48. The summed E-state index contributed by atoms with van der Waals surface area (Å²) in [5.74, 6) is -2.52. The molecule has 1 aliphatic rings. The number of pyridine rings is 1. The number of nitrogens with zero attached hydrogens (tertiary/aromatic N) is 1. The first-order chi connectivity index (χ1) is 13.7. The zero-order valence-electron chi connectivity index (χ0n) is 17.4. The second-order valence-corrected chi connectivity index (χ2v) is 8.31. The van der Waals surface area contributed by atoms with Crippen molar-refractivity contribution in [2.45, 2.75) is 65.0 Å². The number of nitrogens with one attached hydrogen (secondary N) is 1. The molecule has 1 aromatic carbocycles. The fourth-order valence-electron chi connectivity index (χ4n) is 3.62. The van der Waals surface area contributed by atoms with Crippen molar-refractivity contribution in [3.63, 3.8) is 0 Å². The predicted molar refractivity (Wildman–Crippen MR) is 109 cm³/mol. The summed E-state index contributed by atoms with van der Waals surface area (Å²) in [5, 5.41) is 2.82. The van der Waals surface area contributed by atoms with Crippen LogP contribution in [0.1, 0.15) is 69.3 Å². The van der Waals surface area contributed by atoms with Crippen LogP contribution in [-0.4, -0.2) is 23.6 Å². The Morgan fingerprint density at radius 2 is 1.97 bits per heavy atom. The molecular weight excluding hydrogens is 378 g/mol. The van der Waals surface area contributed by atoms with Crippen LogP contribution in [0.15, 0.2) is 17.1 Å². The molecule has 0 aliphatic heterocycles. The molecule has 1 aliphatic carbocycles. The second kappa shape index (κ2) is 8.51. The molecule has 7 heteroatoms. The number of methoxy groups -OCH3 is 1. The molecule has 1 N–H and O–H groups in total. The van der Waals surface area contributed by atoms with Gasteiger partial charge in [0.25, 0.3) is 5.91 Å². The fourth-order valence-corrected chi connectivity index (χ4v) is 3.62. The van der Waals surface area contributed by atoms with Crippen LogP contribution >= 0.6 is 0 Å². The van der Waals surface area contributed by atoms with Crippen molar-refractivity contribution in [1.82, 2.24) is 9.88 Å². The van der Waals surface area contributed by atoms with Gasteiger partial charge < -0.3 is 14.6 Å². The molecule has 0 bridgehead atoms. The summed E-state index contributed by atoms with van der Waals surface area (Å²) in [5.41, 5.74) is -0.491. The van der Waals surface area contributed by atoms with E-state index >= 15 is 0 Å². The van der Waals surface area contributed by atoms with Gasteiger partial charge in [-0.3, -0.25) is 9.59 Å². The Kier molecular flexibility index (Phi) is 6.24. The van der Waals surface area contributed by atoms with E-state index in [-0.39, 0.29) is 34.3 Å². The second-order valence-electron chi connectivity index (χ2n) is 8.31. The van der Waals surface area contributed by atoms with Gasteiger partial charge in [-0.2, -0.15) is 4.39 Å². The number of carbonyl (C=O) groups excluding carboxylic acids is 1. The molecule has 1 saturated carbocycles. The topological polar surface area (TPSA) is 60.3 Å². The summed E-state index contributed by atoms with van der Waals surface area (Å²) in [7, 11) is 1.23. The van der Waals surface area contributed by atoms with Crippen molar-refractivity contribution in [3.05, 3.63) is 39.7 Å². The molecule has 0 saturated heterocycles. The predicted octanol–water partition coefficient (Wildman–Crippen LogP) is 4.57. The normalized spacial score (nSPS) is 15.0. The maximum atomic E-state index is 14.2. The third-order valence-electron chi connectivity index (χ3n) is 5.35. The molecular formula is C22H28F2N2O3. The van der Waals surface area contributed by atoms with Gasteiger partial charge in [0.05, 0.1) is 18.0 Å². The van der Waals surface area contributed by atoms with E-state index in [2.05, 4.69) is 19.2 Å². The number of carbonyl (C=O) groups is 1. The largest absolute Gasteiger partial charge is 0.491 e. The summed E-state index contributed by atoms with van der Waals surface area (Å²) in [6.07, 6.45) is 5.99. The Balaban J connectivity index is 1.99. The lowest BCUT2D eigenvalue weighted by atomic mass is 10.0. The van der Waals surface area contributed by atoms with Gasteiger partial charge in [0, 0.05) is 18.3 Å². The highest BCUT2D eigenvalue weighted by Crippen LogP contribution is 2.40. The van der Waals surface area contributed by atoms with Gasteiger partial charge in [-0.05, 0) is 38.2 Å². The smallest absolute Gasteiger partial charge is 0.256 e. The zero-order chi connectivity index (χ0) is 21.3. The lowest BCUT2D eigenvalue weighted by Crippen LogP contribution is -2.36. The Bertz CT molecular complexity index is 980. The van der Waals surface area contributed by atoms with Crippen molar-refractivity contribution in [1.29, 1.82) is 0 Å². The molecule has 1 amide bonds. The van der Waals surface area contributed by atoms with Crippen LogP contribution in [0, 0.1) is 17.6 Å². The molecule has 1 heterocycles. The summed E-state index contributed by atoms with van der Waals surface area (Å²) in [4.78, 5) is 25.8. The van der Waals surface area contributed by atoms with Crippen molar-refractivity contribution >= 4 is 16.8 Å². The summed E-state index contributed by atoms with van der Waals surface area (Å²) < 4.78 is 35.1. The van der Waals surface area contributed by atoms with Gasteiger partial charge in [0.15, 0.2) is 11.6 Å². The lowest BCUT2D eigenvalue weighted by Gasteiger charge is -2.18. The highest BCUT2D eigenvalue weighted by atomic mass is 19.2. The number of aromatic nitrogens is 1. The number of fused-ring (bicyclic) bond motifs is 1. The molecule has 1 aromatic heterocycles. The molecule has 0 unspecified atom stereocenters. The number of halogens is 2. The van der Waals surface area contributed by atoms with E-state index in [0.29, 0.717) is 5.92 Å². The zero-order valence-corrected chi connectivity index (χ0v) is 17.4. The van der Waals surface area contributed by atoms with Crippen LogP contribution in [0.25, 0.3) is 10.9 Å². The van der Waals surface area contributed by atoms with Gasteiger partial charge in [0.2, 0.25) is 11.2 Å². The standard InChI is InChI=1S/C22H28F2N2O3/c1-12(2)6-5-7-13(3)25-22(28)16-11-26(14-8-9-14)19-15(20(16)27)10-17(23)18(24)21(19)29-4/h10-14H,5-9H2,1-4H3,(H,25,28)/t13-/m0/s1. The maximum absolute atomic E-state index is 14.2. The van der Waals surface area contributed by atoms with E-state index in [9.17, 15) is 18.4 Å². The number of hydrogen-bond donors (Lipinski definition) is 1. The van der Waals surface area contributed by atoms with Crippen LogP contribution in [-0.2, 0) is 0 Å². The first-order valence-corrected chi connectivity index (χ1v) is 10.2. The number of hydrogen-bond acceptors (Lipinski definition) is 3. The van der Waals surface area contributed by atoms with E-state index < -0.39 is 23.0 Å². The van der Waals surface area contributed by atoms with Gasteiger partial charge in [0.1, 0.15) is 5.56 Å². The van der Waals surface area contributed by atoms with E-state index in [1.807, 2.05) is 6.92 Å². The molecule has 2 aromatic rings. The van der Waals surface area contributed by atoms with Gasteiger partial charge in [-0.15, -0.1) is 0 Å². The van der Waals surface area contributed by atoms with Crippen molar-refractivity contribution in [2.24, 2.45) is 5.92 Å². The molecule has 1 fully saturated rings. The van der Waals surface area contributed by atoms with E-state index in [4.69, 9.17) is 4.74 Å². The van der Waals surface area contributed by atoms with Crippen LogP contribution in [0.3, 0.4) is 0 Å². The molecule has 29 heavy (non-hydrogen) atoms. The van der Waals surface area contributed by atoms with E-state index in [1.165, 1.54) is 13.3 Å². The minimum absolute atomic E-state index is 0.0341. The molecule has 0 radical (unpaired) electrons. The average molecular weight is 406 g/mol. The molecule has 158 valence electrons. The molecule has 0 spiro atoms. The third kappa shape index (κ3) is 4.43. The summed E-state index contributed by atoms with van der Waals surface area (Å²) >= 11 is 0. The van der Waals surface area contributed by atoms with E-state index in [0.717, 1.165) is 38.2 Å². The SMILES string of the molecule is COc1c(F)c(F)cc2c(=O)c(C(=O)N[C@@H](C)CCCC(C)C)cn(C3CC3)c12. The quantitative estimate of drug-likeness (QED) is 0.699. The number of ether oxygens (including phenoxy) is 1. The van der Waals surface area contributed by atoms with E-state index in [1.54, 1.807) is 4.57 Å². The monoisotopic (exact) mass is 406 g/mol. The summed E-state index contributed by atoms with van der Waals surface area (Å²) in [6, 6.07) is 0.800. The van der Waals surface area contributed by atoms with Crippen molar-refractivity contribution in [3.8, 4) is 5.75 Å². The van der Waals surface area contributed by atoms with Gasteiger partial charge >= 0.3 is 0 Å². The fraction of sp³-hybridized carbons (Fsp3) is 0.545. The molecule has 5 nitrogen and oxygen atoms in total. The van der Waals surface area contributed by atoms with Crippen LogP contribution < -0.4 is 15.5 Å². The third-order valence-corrected chi connectivity index (χ3v) is 5.35. The minimum Gasteiger partial charge on any atom is -0.491 e. The Labute approximate surface area is 169 Å². The number of rotatable bonds is 8. The Morgan fingerprint density at radius 3 is 2.55 bits per heavy atom. The van der Waals surface area contributed by atoms with Crippen molar-refractivity contribution in [2.75, 3.05) is 7.11 Å². The molecule has 1 atom stereocenters. The minimum atomic E-state index is -1.17. The Morgan fingerprint density at radius 1 is 1.28 bits per heavy atom. The number of amides is 1. The number of benzene rings is 1. The molecule has 3 rings (SSSR count). The van der Waals surface area contributed by atoms with Crippen molar-refractivity contribution < 1.29 is 18.3 Å². The maximum Gasteiger partial charge on any atom is 0.256 e. The first kappa shape index (κ1) is 21.3. The van der Waals surface area contributed by atoms with Gasteiger partial charge in [-0.1, -0.05) is 26.7 Å². The first-order valence-electron chi connectivity index (χ1n) is 10.2. The van der Waals surface area contributed by atoms with Crippen LogP contribution in [0.4, 0.5) is 8.78 Å². The highest BCUT2D eigenvalue weighted by Gasteiger charge is 2.30. The lowest BCUT2D eigenvalue weighted by molar-refractivity contribution is 0.0936.